The van der Waals surface area contributed by atoms with Gasteiger partial charge in [0, 0.05) is 27.9 Å². The Morgan fingerprint density at radius 2 is 1.77 bits per heavy atom. The van der Waals surface area contributed by atoms with Crippen LogP contribution in [0.3, 0.4) is 0 Å². The van der Waals surface area contributed by atoms with Gasteiger partial charge in [-0.15, -0.1) is 0 Å². The Morgan fingerprint density at radius 1 is 1.06 bits per heavy atom. The lowest BCUT2D eigenvalue weighted by Gasteiger charge is -2.37. The first kappa shape index (κ1) is 20.6. The molecule has 0 bridgehead atoms. The summed E-state index contributed by atoms with van der Waals surface area (Å²) in [7, 11) is 0. The number of benzene rings is 3. The number of halogens is 2. The SMILES string of the molecule is O=C(NN1C(=O)c2ccccc2N[C@@H]1c1ccc(Cl)c([N+](=O)[O-])c1)c1ccc(Cl)cc1. The number of anilines is 1. The number of fused-ring (bicyclic) bond motifs is 1. The molecule has 8 nitrogen and oxygen atoms in total. The van der Waals surface area contributed by atoms with Crippen LogP contribution in [-0.2, 0) is 0 Å². The molecule has 1 atom stereocenters. The van der Waals surface area contributed by atoms with Crippen molar-refractivity contribution in [2.24, 2.45) is 0 Å². The number of nitrogens with one attached hydrogen (secondary N) is 2. The van der Waals surface area contributed by atoms with E-state index in [2.05, 4.69) is 10.7 Å². The zero-order chi connectivity index (χ0) is 22.1. The Hall–Kier alpha value is -3.62. The third-order valence-electron chi connectivity index (χ3n) is 4.74. The lowest BCUT2D eigenvalue weighted by atomic mass is 10.0. The molecular weight excluding hydrogens is 443 g/mol. The van der Waals surface area contributed by atoms with Crippen molar-refractivity contribution in [3.63, 3.8) is 0 Å². The summed E-state index contributed by atoms with van der Waals surface area (Å²) in [6.07, 6.45) is -0.908. The number of carbonyl (C=O) groups excluding carboxylic acids is 2. The summed E-state index contributed by atoms with van der Waals surface area (Å²) in [6, 6.07) is 17.1. The molecule has 4 rings (SSSR count). The maximum atomic E-state index is 13.2. The van der Waals surface area contributed by atoms with E-state index in [4.69, 9.17) is 23.2 Å². The fraction of sp³-hybridized carbons (Fsp3) is 0.0476. The molecule has 0 spiro atoms. The summed E-state index contributed by atoms with van der Waals surface area (Å²) >= 11 is 11.8. The second-order valence-electron chi connectivity index (χ2n) is 6.68. The number of nitro groups is 1. The van der Waals surface area contributed by atoms with Gasteiger partial charge in [0.2, 0.25) is 0 Å². The summed E-state index contributed by atoms with van der Waals surface area (Å²) in [5.74, 6) is -1.01. The molecule has 1 heterocycles. The van der Waals surface area contributed by atoms with Crippen molar-refractivity contribution >= 4 is 46.4 Å². The van der Waals surface area contributed by atoms with Gasteiger partial charge in [-0.25, -0.2) is 5.01 Å². The molecule has 0 radical (unpaired) electrons. The van der Waals surface area contributed by atoms with E-state index in [0.717, 1.165) is 5.01 Å². The van der Waals surface area contributed by atoms with Crippen molar-refractivity contribution in [1.82, 2.24) is 10.4 Å². The van der Waals surface area contributed by atoms with Crippen LogP contribution in [0.25, 0.3) is 0 Å². The van der Waals surface area contributed by atoms with Crippen LogP contribution >= 0.6 is 23.2 Å². The molecule has 3 aromatic rings. The average molecular weight is 457 g/mol. The Labute approximate surface area is 186 Å². The molecule has 2 amide bonds. The van der Waals surface area contributed by atoms with Crippen LogP contribution in [0.4, 0.5) is 11.4 Å². The maximum Gasteiger partial charge on any atom is 0.288 e. The molecule has 0 aromatic heterocycles. The molecule has 10 heteroatoms. The molecule has 0 saturated heterocycles. The van der Waals surface area contributed by atoms with E-state index in [1.165, 1.54) is 24.3 Å². The minimum atomic E-state index is -0.908. The van der Waals surface area contributed by atoms with Crippen LogP contribution in [0.1, 0.15) is 32.4 Å². The number of amides is 2. The first-order chi connectivity index (χ1) is 14.8. The average Bonchev–Trinajstić information content (AvgIpc) is 2.76. The van der Waals surface area contributed by atoms with Gasteiger partial charge in [0.15, 0.2) is 0 Å². The van der Waals surface area contributed by atoms with Gasteiger partial charge in [0.05, 0.1) is 10.5 Å². The van der Waals surface area contributed by atoms with Crippen molar-refractivity contribution in [2.45, 2.75) is 6.17 Å². The molecule has 1 aliphatic heterocycles. The minimum Gasteiger partial charge on any atom is -0.359 e. The lowest BCUT2D eigenvalue weighted by Crippen LogP contribution is -2.52. The molecule has 31 heavy (non-hydrogen) atoms. The highest BCUT2D eigenvalue weighted by Gasteiger charge is 2.35. The van der Waals surface area contributed by atoms with E-state index >= 15 is 0 Å². The van der Waals surface area contributed by atoms with E-state index in [0.29, 0.717) is 21.8 Å². The van der Waals surface area contributed by atoms with Crippen molar-refractivity contribution in [3.8, 4) is 0 Å². The second kappa shape index (κ2) is 8.25. The van der Waals surface area contributed by atoms with E-state index < -0.39 is 22.9 Å². The molecule has 0 aliphatic carbocycles. The Bertz CT molecular complexity index is 1200. The van der Waals surface area contributed by atoms with E-state index in [1.54, 1.807) is 42.5 Å². The van der Waals surface area contributed by atoms with Gasteiger partial charge in [0.1, 0.15) is 11.2 Å². The highest BCUT2D eigenvalue weighted by molar-refractivity contribution is 6.32. The normalized spacial score (nSPS) is 15.1. The molecule has 0 saturated carbocycles. The molecule has 0 fully saturated rings. The fourth-order valence-corrected chi connectivity index (χ4v) is 3.53. The topological polar surface area (TPSA) is 105 Å². The van der Waals surface area contributed by atoms with Gasteiger partial charge < -0.3 is 5.32 Å². The van der Waals surface area contributed by atoms with Crippen molar-refractivity contribution in [1.29, 1.82) is 0 Å². The van der Waals surface area contributed by atoms with Gasteiger partial charge >= 0.3 is 0 Å². The Kier molecular flexibility index (Phi) is 5.50. The Morgan fingerprint density at radius 3 is 2.48 bits per heavy atom. The highest BCUT2D eigenvalue weighted by atomic mass is 35.5. The molecule has 0 unspecified atom stereocenters. The second-order valence-corrected chi connectivity index (χ2v) is 7.53. The molecule has 3 aromatic carbocycles. The minimum absolute atomic E-state index is 0.0342. The van der Waals surface area contributed by atoms with Crippen LogP contribution < -0.4 is 10.7 Å². The van der Waals surface area contributed by atoms with Gasteiger partial charge in [-0.05, 0) is 42.5 Å². The van der Waals surface area contributed by atoms with Gasteiger partial charge in [0.25, 0.3) is 17.5 Å². The highest BCUT2D eigenvalue weighted by Crippen LogP contribution is 2.35. The van der Waals surface area contributed by atoms with Crippen LogP contribution in [0.2, 0.25) is 10.0 Å². The smallest absolute Gasteiger partial charge is 0.288 e. The summed E-state index contributed by atoms with van der Waals surface area (Å²) in [6.45, 7) is 0. The first-order valence-corrected chi connectivity index (χ1v) is 9.80. The Balaban J connectivity index is 1.75. The number of para-hydroxylation sites is 1. The van der Waals surface area contributed by atoms with Crippen LogP contribution in [0, 0.1) is 10.1 Å². The largest absolute Gasteiger partial charge is 0.359 e. The number of nitrogens with zero attached hydrogens (tertiary/aromatic N) is 2. The summed E-state index contributed by atoms with van der Waals surface area (Å²) in [5, 5.41) is 16.0. The van der Waals surface area contributed by atoms with Gasteiger partial charge in [-0.1, -0.05) is 41.4 Å². The van der Waals surface area contributed by atoms with Gasteiger partial charge in [-0.2, -0.15) is 0 Å². The zero-order valence-corrected chi connectivity index (χ0v) is 17.2. The summed E-state index contributed by atoms with van der Waals surface area (Å²) in [5.41, 5.74) is 3.82. The third-order valence-corrected chi connectivity index (χ3v) is 5.31. The number of hydrogen-bond donors (Lipinski definition) is 2. The van der Waals surface area contributed by atoms with Crippen LogP contribution in [-0.4, -0.2) is 21.7 Å². The monoisotopic (exact) mass is 456 g/mol. The van der Waals surface area contributed by atoms with E-state index in [1.807, 2.05) is 0 Å². The van der Waals surface area contributed by atoms with Crippen LogP contribution in [0.15, 0.2) is 66.7 Å². The lowest BCUT2D eigenvalue weighted by molar-refractivity contribution is -0.384. The molecule has 156 valence electrons. The summed E-state index contributed by atoms with van der Waals surface area (Å²) in [4.78, 5) is 36.7. The predicted molar refractivity (Wildman–Crippen MR) is 116 cm³/mol. The molecule has 2 N–H and O–H groups in total. The summed E-state index contributed by atoms with van der Waals surface area (Å²) < 4.78 is 0. The van der Waals surface area contributed by atoms with Crippen LogP contribution in [0.5, 0.6) is 0 Å². The first-order valence-electron chi connectivity index (χ1n) is 9.04. The molecular formula is C21H14Cl2N4O4. The predicted octanol–water partition coefficient (Wildman–Crippen LogP) is 4.81. The third kappa shape index (κ3) is 4.03. The molecule has 1 aliphatic rings. The van der Waals surface area contributed by atoms with Crippen molar-refractivity contribution in [2.75, 3.05) is 5.32 Å². The van der Waals surface area contributed by atoms with Crippen molar-refractivity contribution in [3.05, 3.63) is 104 Å². The number of hydrogen-bond acceptors (Lipinski definition) is 5. The van der Waals surface area contributed by atoms with E-state index in [9.17, 15) is 19.7 Å². The van der Waals surface area contributed by atoms with Gasteiger partial charge in [-0.3, -0.25) is 25.1 Å². The number of hydrazine groups is 1. The number of carbonyl (C=O) groups is 2. The number of nitro benzene ring substituents is 1. The fourth-order valence-electron chi connectivity index (χ4n) is 3.22. The zero-order valence-electron chi connectivity index (χ0n) is 15.7. The maximum absolute atomic E-state index is 13.2. The van der Waals surface area contributed by atoms with Crippen molar-refractivity contribution < 1.29 is 14.5 Å². The number of rotatable bonds is 4. The van der Waals surface area contributed by atoms with E-state index in [-0.39, 0.29) is 16.3 Å². The quantitative estimate of drug-likeness (QED) is 0.432. The standard InChI is InChI=1S/C21H14Cl2N4O4/c22-14-8-5-12(6-9-14)20(28)25-26-19(13-7-10-16(23)18(11-13)27(30)31)24-17-4-2-1-3-15(17)21(26)29/h1-11,19,24H,(H,25,28)/t19-/m0/s1.